The summed E-state index contributed by atoms with van der Waals surface area (Å²) < 4.78 is 16.8. The van der Waals surface area contributed by atoms with Crippen molar-refractivity contribution >= 4 is 17.9 Å². The molecule has 0 fully saturated rings. The number of carbonyl (C=O) groups excluding carboxylic acids is 3. The van der Waals surface area contributed by atoms with E-state index in [-0.39, 0.29) is 37.5 Å². The monoisotopic (exact) mass is 1040 g/mol. The van der Waals surface area contributed by atoms with Crippen LogP contribution in [0.4, 0.5) is 0 Å². The molecule has 0 bridgehead atoms. The summed E-state index contributed by atoms with van der Waals surface area (Å²) >= 11 is 0. The second-order valence-electron chi connectivity index (χ2n) is 19.8. The summed E-state index contributed by atoms with van der Waals surface area (Å²) in [6, 6.07) is 0. The van der Waals surface area contributed by atoms with Crippen LogP contribution in [0.2, 0.25) is 0 Å². The van der Waals surface area contributed by atoms with Crippen molar-refractivity contribution in [3.63, 3.8) is 0 Å². The zero-order valence-corrected chi connectivity index (χ0v) is 48.5. The van der Waals surface area contributed by atoms with Gasteiger partial charge in [0.1, 0.15) is 13.2 Å². The summed E-state index contributed by atoms with van der Waals surface area (Å²) in [4.78, 5) is 38.2. The summed E-state index contributed by atoms with van der Waals surface area (Å²) in [5.74, 6) is -0.994. The van der Waals surface area contributed by atoms with Gasteiger partial charge in [-0.15, -0.1) is 0 Å². The van der Waals surface area contributed by atoms with E-state index in [2.05, 4.69) is 154 Å². The second kappa shape index (κ2) is 62.1. The number of esters is 3. The van der Waals surface area contributed by atoms with Gasteiger partial charge in [-0.25, -0.2) is 0 Å². The Morgan fingerprint density at radius 3 is 0.853 bits per heavy atom. The zero-order chi connectivity index (χ0) is 54.3. The van der Waals surface area contributed by atoms with Crippen LogP contribution in [0.25, 0.3) is 0 Å². The van der Waals surface area contributed by atoms with Gasteiger partial charge in [-0.2, -0.15) is 0 Å². The minimum absolute atomic E-state index is 0.112. The highest BCUT2D eigenvalue weighted by atomic mass is 16.6. The molecule has 6 heteroatoms. The Bertz CT molecular complexity index is 1620. The van der Waals surface area contributed by atoms with Crippen LogP contribution in [-0.4, -0.2) is 37.2 Å². The molecule has 0 aromatic carbocycles. The van der Waals surface area contributed by atoms with Crippen molar-refractivity contribution in [2.24, 2.45) is 0 Å². The van der Waals surface area contributed by atoms with E-state index in [0.717, 1.165) is 128 Å². The number of hydrogen-bond acceptors (Lipinski definition) is 6. The molecule has 0 aromatic heterocycles. The van der Waals surface area contributed by atoms with Gasteiger partial charge in [0.05, 0.1) is 0 Å². The molecule has 424 valence electrons. The smallest absolute Gasteiger partial charge is 0.306 e. The van der Waals surface area contributed by atoms with Gasteiger partial charge < -0.3 is 14.2 Å². The maximum atomic E-state index is 12.9. The fourth-order valence-corrected chi connectivity index (χ4v) is 8.09. The number of rotatable bonds is 54. The van der Waals surface area contributed by atoms with Crippen LogP contribution in [0.1, 0.15) is 265 Å². The average Bonchev–Trinajstić information content (AvgIpc) is 3.41. The Morgan fingerprint density at radius 2 is 0.533 bits per heavy atom. The third-order valence-corrected chi connectivity index (χ3v) is 12.6. The molecule has 1 atom stereocenters. The van der Waals surface area contributed by atoms with Gasteiger partial charge in [-0.3, -0.25) is 14.4 Å². The van der Waals surface area contributed by atoms with Crippen LogP contribution >= 0.6 is 0 Å². The first-order chi connectivity index (χ1) is 37.0. The molecule has 0 saturated carbocycles. The maximum Gasteiger partial charge on any atom is 0.306 e. The molecule has 75 heavy (non-hydrogen) atoms. The lowest BCUT2D eigenvalue weighted by Crippen LogP contribution is -2.30. The summed E-state index contributed by atoms with van der Waals surface area (Å²) in [5.41, 5.74) is 0. The molecule has 6 nitrogen and oxygen atoms in total. The lowest BCUT2D eigenvalue weighted by molar-refractivity contribution is -0.167. The van der Waals surface area contributed by atoms with Crippen LogP contribution in [0.5, 0.6) is 0 Å². The highest BCUT2D eigenvalue weighted by Gasteiger charge is 2.19. The number of ether oxygens (including phenoxy) is 3. The lowest BCUT2D eigenvalue weighted by atomic mass is 10.1. The fraction of sp³-hybridized carbons (Fsp3) is 0.638. The molecule has 0 radical (unpaired) electrons. The summed E-state index contributed by atoms with van der Waals surface area (Å²) in [5, 5.41) is 0. The van der Waals surface area contributed by atoms with Crippen molar-refractivity contribution in [2.75, 3.05) is 13.2 Å². The van der Waals surface area contributed by atoms with Gasteiger partial charge in [0.15, 0.2) is 6.10 Å². The molecule has 0 N–H and O–H groups in total. The van der Waals surface area contributed by atoms with E-state index in [1.54, 1.807) is 0 Å². The Labute approximate surface area is 462 Å². The average molecular weight is 1040 g/mol. The van der Waals surface area contributed by atoms with Gasteiger partial charge in [-0.1, -0.05) is 251 Å². The van der Waals surface area contributed by atoms with Crippen molar-refractivity contribution in [3.8, 4) is 0 Å². The van der Waals surface area contributed by atoms with E-state index in [4.69, 9.17) is 14.2 Å². The SMILES string of the molecule is CC/C=C\C/C=C\C/C=C\C/C=C\C/C=C\CCCC(=O)OC(COC(=O)CCCCCCC/C=C\C/C=C\C/C=C\CC)COC(=O)CCCCCCCCCCCC/C=C\C/C=C\C/C=C\CCCCCCC. The van der Waals surface area contributed by atoms with Gasteiger partial charge in [0, 0.05) is 19.3 Å². The zero-order valence-electron chi connectivity index (χ0n) is 48.5. The predicted octanol–water partition coefficient (Wildman–Crippen LogP) is 21.0. The molecule has 1 unspecified atom stereocenters. The second-order valence-corrected chi connectivity index (χ2v) is 19.8. The normalized spacial score (nSPS) is 13.1. The number of hydrogen-bond donors (Lipinski definition) is 0. The molecular weight excluding hydrogens is 925 g/mol. The molecule has 0 amide bonds. The highest BCUT2D eigenvalue weighted by molar-refractivity contribution is 5.71. The van der Waals surface area contributed by atoms with Crippen molar-refractivity contribution in [1.82, 2.24) is 0 Å². The van der Waals surface area contributed by atoms with Gasteiger partial charge >= 0.3 is 17.9 Å². The van der Waals surface area contributed by atoms with Crippen molar-refractivity contribution in [3.05, 3.63) is 134 Å². The summed E-state index contributed by atoms with van der Waals surface area (Å²) in [6.07, 6.45) is 87.4. The van der Waals surface area contributed by atoms with Gasteiger partial charge in [0.25, 0.3) is 0 Å². The first-order valence-corrected chi connectivity index (χ1v) is 30.7. The quantitative estimate of drug-likeness (QED) is 0.0261. The third kappa shape index (κ3) is 60.3. The Hall–Kier alpha value is -4.45. The van der Waals surface area contributed by atoms with E-state index in [9.17, 15) is 14.4 Å². The van der Waals surface area contributed by atoms with Crippen molar-refractivity contribution in [1.29, 1.82) is 0 Å². The van der Waals surface area contributed by atoms with Crippen LogP contribution in [0.15, 0.2) is 134 Å². The van der Waals surface area contributed by atoms with E-state index in [1.165, 1.54) is 89.9 Å². The standard InChI is InChI=1S/C69H112O6/c1-4-7-10-13-16-19-22-25-28-30-31-32-33-34-35-36-37-39-41-44-47-50-53-56-59-62-68(71)74-65-66(64-73-67(70)61-58-55-52-49-46-43-40-27-24-21-18-15-12-9-6-3)75-69(72)63-60-57-54-51-48-45-42-38-29-26-23-20-17-14-11-8-5-2/h8-9,11-12,17-18,20-22,25-27,29-31,33-34,40,42,45,51,54,66H,4-7,10,13-16,19,23-24,28,32,35-39,41,43-44,46-50,52-53,55-65H2,1-3H3/b11-8-,12-9-,20-17-,21-18-,25-22-,29-26-,31-30-,34-33-,40-27-,45-42-,54-51-. The van der Waals surface area contributed by atoms with Gasteiger partial charge in [-0.05, 0) is 128 Å². The molecular formula is C69H112O6. The van der Waals surface area contributed by atoms with E-state index < -0.39 is 6.10 Å². The van der Waals surface area contributed by atoms with Crippen molar-refractivity contribution < 1.29 is 28.6 Å². The molecule has 0 aromatic rings. The molecule has 0 aliphatic carbocycles. The van der Waals surface area contributed by atoms with Gasteiger partial charge in [0.2, 0.25) is 0 Å². The minimum Gasteiger partial charge on any atom is -0.462 e. The first kappa shape index (κ1) is 70.5. The fourth-order valence-electron chi connectivity index (χ4n) is 8.09. The third-order valence-electron chi connectivity index (χ3n) is 12.6. The number of allylic oxidation sites excluding steroid dienone is 22. The molecule has 0 rings (SSSR count). The van der Waals surface area contributed by atoms with Crippen LogP contribution in [0, 0.1) is 0 Å². The number of carbonyl (C=O) groups is 3. The Morgan fingerprint density at radius 1 is 0.280 bits per heavy atom. The maximum absolute atomic E-state index is 12.9. The highest BCUT2D eigenvalue weighted by Crippen LogP contribution is 2.14. The summed E-state index contributed by atoms with van der Waals surface area (Å²) in [6.45, 7) is 6.34. The van der Waals surface area contributed by atoms with E-state index >= 15 is 0 Å². The summed E-state index contributed by atoms with van der Waals surface area (Å²) in [7, 11) is 0. The topological polar surface area (TPSA) is 78.9 Å². The molecule has 0 heterocycles. The largest absolute Gasteiger partial charge is 0.462 e. The van der Waals surface area contributed by atoms with Crippen LogP contribution in [0.3, 0.4) is 0 Å². The molecule has 0 saturated heterocycles. The van der Waals surface area contributed by atoms with Crippen LogP contribution in [-0.2, 0) is 28.6 Å². The Kier molecular flexibility index (Phi) is 58.4. The minimum atomic E-state index is -0.823. The lowest BCUT2D eigenvalue weighted by Gasteiger charge is -2.18. The van der Waals surface area contributed by atoms with Crippen molar-refractivity contribution in [2.45, 2.75) is 271 Å². The molecule has 0 spiro atoms. The Balaban J connectivity index is 4.44. The molecule has 0 aliphatic rings. The number of unbranched alkanes of at least 4 members (excludes halogenated alkanes) is 21. The van der Waals surface area contributed by atoms with E-state index in [1.807, 2.05) is 0 Å². The van der Waals surface area contributed by atoms with E-state index in [0.29, 0.717) is 19.3 Å². The van der Waals surface area contributed by atoms with Crippen LogP contribution < -0.4 is 0 Å². The first-order valence-electron chi connectivity index (χ1n) is 30.7. The predicted molar refractivity (Wildman–Crippen MR) is 325 cm³/mol. The molecule has 0 aliphatic heterocycles.